The van der Waals surface area contributed by atoms with Crippen molar-refractivity contribution in [1.29, 1.82) is 0 Å². The number of hydrogen-bond donors (Lipinski definition) is 1. The van der Waals surface area contributed by atoms with E-state index in [1.165, 1.54) is 0 Å². The molecule has 5 nitrogen and oxygen atoms in total. The molecule has 0 fully saturated rings. The lowest BCUT2D eigenvalue weighted by Crippen LogP contribution is -2.29. The van der Waals surface area contributed by atoms with E-state index < -0.39 is 0 Å². The molecule has 0 aliphatic carbocycles. The van der Waals surface area contributed by atoms with Crippen LogP contribution in [-0.4, -0.2) is 19.3 Å². The number of rotatable bonds is 3. The van der Waals surface area contributed by atoms with Crippen molar-refractivity contribution >= 4 is 33.1 Å². The zero-order valence-corrected chi connectivity index (χ0v) is 13.0. The molecule has 2 rings (SSSR count). The van der Waals surface area contributed by atoms with Gasteiger partial charge in [0.05, 0.1) is 28.0 Å². The molecule has 2 heterocycles. The lowest BCUT2D eigenvalue weighted by molar-refractivity contribution is 0.649. The maximum absolute atomic E-state index is 12.2. The molecule has 0 radical (unpaired) electrons. The van der Waals surface area contributed by atoms with E-state index >= 15 is 0 Å². The van der Waals surface area contributed by atoms with Crippen LogP contribution in [0.15, 0.2) is 27.6 Å². The SMILES string of the molecule is Cc1nn(C)c(Cn2cccc(C(N)=S)c2=O)c1Br. The van der Waals surface area contributed by atoms with Crippen LogP contribution in [-0.2, 0) is 13.6 Å². The number of nitrogens with two attached hydrogens (primary N) is 1. The molecule has 0 spiro atoms. The lowest BCUT2D eigenvalue weighted by Gasteiger charge is -2.08. The Kier molecular flexibility index (Phi) is 3.86. The fourth-order valence-electron chi connectivity index (χ4n) is 1.86. The highest BCUT2D eigenvalue weighted by Gasteiger charge is 2.13. The topological polar surface area (TPSA) is 65.8 Å². The van der Waals surface area contributed by atoms with Gasteiger partial charge in [-0.15, -0.1) is 0 Å². The zero-order valence-electron chi connectivity index (χ0n) is 10.6. The molecule has 0 unspecified atom stereocenters. The summed E-state index contributed by atoms with van der Waals surface area (Å²) in [6.45, 7) is 2.31. The number of nitrogens with zero attached hydrogens (tertiary/aromatic N) is 3. The fraction of sp³-hybridized carbons (Fsp3) is 0.250. The molecule has 0 atom stereocenters. The van der Waals surface area contributed by atoms with Crippen molar-refractivity contribution in [2.75, 3.05) is 0 Å². The predicted octanol–water partition coefficient (Wildman–Crippen LogP) is 1.34. The van der Waals surface area contributed by atoms with Crippen LogP contribution in [0.4, 0.5) is 0 Å². The first-order chi connectivity index (χ1) is 8.91. The van der Waals surface area contributed by atoms with Gasteiger partial charge in [-0.3, -0.25) is 9.48 Å². The van der Waals surface area contributed by atoms with Gasteiger partial charge in [-0.05, 0) is 35.0 Å². The Morgan fingerprint density at radius 1 is 1.58 bits per heavy atom. The molecule has 0 aliphatic heterocycles. The second-order valence-corrected chi connectivity index (χ2v) is 5.42. The Hall–Kier alpha value is -1.47. The van der Waals surface area contributed by atoms with Crippen molar-refractivity contribution in [3.63, 3.8) is 0 Å². The number of pyridine rings is 1. The second-order valence-electron chi connectivity index (χ2n) is 4.19. The Morgan fingerprint density at radius 2 is 2.26 bits per heavy atom. The van der Waals surface area contributed by atoms with Crippen molar-refractivity contribution in [3.05, 3.63) is 50.1 Å². The largest absolute Gasteiger partial charge is 0.389 e. The Bertz CT molecular complexity index is 704. The van der Waals surface area contributed by atoms with E-state index in [0.717, 1.165) is 15.9 Å². The van der Waals surface area contributed by atoms with Gasteiger partial charge in [0.1, 0.15) is 4.99 Å². The van der Waals surface area contributed by atoms with Crippen LogP contribution in [0.2, 0.25) is 0 Å². The Morgan fingerprint density at radius 3 is 2.79 bits per heavy atom. The minimum Gasteiger partial charge on any atom is -0.389 e. The van der Waals surface area contributed by atoms with Gasteiger partial charge in [-0.25, -0.2) is 0 Å². The summed E-state index contributed by atoms with van der Waals surface area (Å²) in [7, 11) is 1.84. The molecule has 2 aromatic rings. The van der Waals surface area contributed by atoms with Gasteiger partial charge in [-0.1, -0.05) is 12.2 Å². The monoisotopic (exact) mass is 340 g/mol. The van der Waals surface area contributed by atoms with E-state index in [0.29, 0.717) is 12.1 Å². The summed E-state index contributed by atoms with van der Waals surface area (Å²) in [6, 6.07) is 3.39. The van der Waals surface area contributed by atoms with Crippen molar-refractivity contribution in [2.24, 2.45) is 12.8 Å². The summed E-state index contributed by atoms with van der Waals surface area (Å²) in [6.07, 6.45) is 1.71. The van der Waals surface area contributed by atoms with Crippen LogP contribution in [0.5, 0.6) is 0 Å². The van der Waals surface area contributed by atoms with Crippen molar-refractivity contribution in [2.45, 2.75) is 13.5 Å². The highest BCUT2D eigenvalue weighted by atomic mass is 79.9. The molecule has 2 N–H and O–H groups in total. The lowest BCUT2D eigenvalue weighted by atomic mass is 10.2. The van der Waals surface area contributed by atoms with Crippen LogP contribution < -0.4 is 11.3 Å². The summed E-state index contributed by atoms with van der Waals surface area (Å²) < 4.78 is 4.22. The highest BCUT2D eigenvalue weighted by molar-refractivity contribution is 9.10. The van der Waals surface area contributed by atoms with E-state index in [1.807, 2.05) is 14.0 Å². The predicted molar refractivity (Wildman–Crippen MR) is 81.3 cm³/mol. The van der Waals surface area contributed by atoms with E-state index in [1.54, 1.807) is 27.6 Å². The third-order valence-corrected chi connectivity index (χ3v) is 4.12. The minimum atomic E-state index is -0.194. The quantitative estimate of drug-likeness (QED) is 0.856. The van der Waals surface area contributed by atoms with Gasteiger partial charge in [-0.2, -0.15) is 5.10 Å². The number of hydrogen-bond acceptors (Lipinski definition) is 3. The molecular formula is C12H13BrN4OS. The van der Waals surface area contributed by atoms with E-state index in [-0.39, 0.29) is 10.5 Å². The molecule has 19 heavy (non-hydrogen) atoms. The third-order valence-electron chi connectivity index (χ3n) is 2.87. The van der Waals surface area contributed by atoms with Crippen molar-refractivity contribution < 1.29 is 0 Å². The highest BCUT2D eigenvalue weighted by Crippen LogP contribution is 2.20. The number of thiocarbonyl (C=S) groups is 1. The summed E-state index contributed by atoms with van der Waals surface area (Å²) in [5.41, 5.74) is 7.49. The normalized spacial score (nSPS) is 10.7. The van der Waals surface area contributed by atoms with Crippen molar-refractivity contribution in [1.82, 2.24) is 14.3 Å². The first-order valence-electron chi connectivity index (χ1n) is 5.59. The molecule has 0 saturated carbocycles. The van der Waals surface area contributed by atoms with Gasteiger partial charge in [0.25, 0.3) is 5.56 Å². The number of halogens is 1. The minimum absolute atomic E-state index is 0.111. The molecular weight excluding hydrogens is 328 g/mol. The summed E-state index contributed by atoms with van der Waals surface area (Å²) in [5, 5.41) is 4.30. The second kappa shape index (κ2) is 5.26. The van der Waals surface area contributed by atoms with Gasteiger partial charge >= 0.3 is 0 Å². The smallest absolute Gasteiger partial charge is 0.261 e. The maximum atomic E-state index is 12.2. The summed E-state index contributed by atoms with van der Waals surface area (Å²) in [5.74, 6) is 0. The van der Waals surface area contributed by atoms with E-state index in [9.17, 15) is 4.79 Å². The van der Waals surface area contributed by atoms with Gasteiger partial charge < -0.3 is 10.3 Å². The molecule has 0 bridgehead atoms. The van der Waals surface area contributed by atoms with E-state index in [2.05, 4.69) is 21.0 Å². The van der Waals surface area contributed by atoms with Crippen molar-refractivity contribution in [3.8, 4) is 0 Å². The Balaban J connectivity index is 2.47. The first kappa shape index (κ1) is 14.0. The van der Waals surface area contributed by atoms with Gasteiger partial charge in [0.15, 0.2) is 0 Å². The molecule has 0 aliphatic rings. The molecule has 0 amide bonds. The average molecular weight is 341 g/mol. The maximum Gasteiger partial charge on any atom is 0.261 e. The van der Waals surface area contributed by atoms with Gasteiger partial charge in [0.2, 0.25) is 0 Å². The fourth-order valence-corrected chi connectivity index (χ4v) is 2.48. The van der Waals surface area contributed by atoms with Crippen LogP contribution in [0.25, 0.3) is 0 Å². The standard InChI is InChI=1S/C12H13BrN4OS/c1-7-10(13)9(16(2)15-7)6-17-5-3-4-8(11(14)19)12(17)18/h3-5H,6H2,1-2H3,(H2,14,19). The first-order valence-corrected chi connectivity index (χ1v) is 6.79. The van der Waals surface area contributed by atoms with Gasteiger partial charge in [0, 0.05) is 13.2 Å². The van der Waals surface area contributed by atoms with Crippen LogP contribution in [0.3, 0.4) is 0 Å². The van der Waals surface area contributed by atoms with Crippen LogP contribution in [0, 0.1) is 6.92 Å². The van der Waals surface area contributed by atoms with Crippen LogP contribution >= 0.6 is 28.1 Å². The molecule has 0 saturated heterocycles. The third kappa shape index (κ3) is 2.62. The molecule has 100 valence electrons. The number of aromatic nitrogens is 3. The molecule has 0 aromatic carbocycles. The summed E-state index contributed by atoms with van der Waals surface area (Å²) >= 11 is 8.35. The number of aryl methyl sites for hydroxylation is 2. The average Bonchev–Trinajstić information content (AvgIpc) is 2.58. The van der Waals surface area contributed by atoms with E-state index in [4.69, 9.17) is 18.0 Å². The molecule has 2 aromatic heterocycles. The summed E-state index contributed by atoms with van der Waals surface area (Å²) in [4.78, 5) is 12.3. The molecule has 7 heteroatoms. The zero-order chi connectivity index (χ0) is 14.2. The van der Waals surface area contributed by atoms with Crippen LogP contribution in [0.1, 0.15) is 17.0 Å². The Labute approximate surface area is 124 Å².